The van der Waals surface area contributed by atoms with E-state index < -0.39 is 0 Å². The van der Waals surface area contributed by atoms with Crippen LogP contribution in [-0.4, -0.2) is 55.8 Å². The van der Waals surface area contributed by atoms with Gasteiger partial charge in [0.05, 0.1) is 38.1 Å². The Kier molecular flexibility index (Phi) is 4.16. The lowest BCUT2D eigenvalue weighted by Gasteiger charge is -2.19. The van der Waals surface area contributed by atoms with Crippen LogP contribution in [0.1, 0.15) is 30.4 Å². The standard InChI is InChI=1S/C16H22N6O3/c1-21-7-11(6-17-21)25-13-9-24-8-12(13)18-15(23)5-14-19-16(10-3-4-10)20-22(14)2/h6-7,10,12-13H,3-5,8-9H2,1-2H3,(H,18,23)/t12-,13+/m0/s1. The van der Waals surface area contributed by atoms with Gasteiger partial charge in [0.25, 0.3) is 0 Å². The second kappa shape index (κ2) is 6.47. The molecule has 0 unspecified atom stereocenters. The second-order valence-electron chi connectivity index (χ2n) is 6.68. The fraction of sp³-hybridized carbons (Fsp3) is 0.625. The molecule has 1 aliphatic heterocycles. The molecule has 4 rings (SSSR count). The highest BCUT2D eigenvalue weighted by atomic mass is 16.5. The number of hydrogen-bond donors (Lipinski definition) is 1. The Morgan fingerprint density at radius 2 is 2.24 bits per heavy atom. The van der Waals surface area contributed by atoms with E-state index in [-0.39, 0.29) is 24.5 Å². The third-order valence-corrected chi connectivity index (χ3v) is 4.47. The largest absolute Gasteiger partial charge is 0.482 e. The molecular weight excluding hydrogens is 324 g/mol. The molecule has 0 radical (unpaired) electrons. The van der Waals surface area contributed by atoms with Crippen LogP contribution in [-0.2, 0) is 30.0 Å². The van der Waals surface area contributed by atoms with Gasteiger partial charge in [-0.15, -0.1) is 0 Å². The van der Waals surface area contributed by atoms with E-state index in [0.717, 1.165) is 18.7 Å². The van der Waals surface area contributed by atoms with Crippen molar-refractivity contribution >= 4 is 5.91 Å². The quantitative estimate of drug-likeness (QED) is 0.787. The fourth-order valence-electron chi connectivity index (χ4n) is 2.93. The summed E-state index contributed by atoms with van der Waals surface area (Å²) in [6, 6.07) is -0.191. The van der Waals surface area contributed by atoms with Gasteiger partial charge >= 0.3 is 0 Å². The van der Waals surface area contributed by atoms with Crippen molar-refractivity contribution in [2.45, 2.75) is 37.3 Å². The van der Waals surface area contributed by atoms with Crippen molar-refractivity contribution in [1.29, 1.82) is 0 Å². The van der Waals surface area contributed by atoms with E-state index in [4.69, 9.17) is 9.47 Å². The summed E-state index contributed by atoms with van der Waals surface area (Å²) in [5.41, 5.74) is 0. The first-order valence-electron chi connectivity index (χ1n) is 8.50. The van der Waals surface area contributed by atoms with Crippen LogP contribution in [0.25, 0.3) is 0 Å². The van der Waals surface area contributed by atoms with Crippen LogP contribution in [0.3, 0.4) is 0 Å². The molecule has 1 aliphatic carbocycles. The molecule has 0 bridgehead atoms. The van der Waals surface area contributed by atoms with Crippen LogP contribution < -0.4 is 10.1 Å². The first-order chi connectivity index (χ1) is 12.1. The first-order valence-corrected chi connectivity index (χ1v) is 8.50. The monoisotopic (exact) mass is 346 g/mol. The van der Waals surface area contributed by atoms with Crippen LogP contribution in [0.15, 0.2) is 12.4 Å². The molecule has 2 aromatic heterocycles. The molecule has 1 N–H and O–H groups in total. The molecule has 1 saturated carbocycles. The molecule has 9 nitrogen and oxygen atoms in total. The zero-order valence-electron chi connectivity index (χ0n) is 14.4. The van der Waals surface area contributed by atoms with Gasteiger partial charge in [0, 0.05) is 20.0 Å². The summed E-state index contributed by atoms with van der Waals surface area (Å²) in [5, 5.41) is 11.5. The Morgan fingerprint density at radius 1 is 1.40 bits per heavy atom. The third-order valence-electron chi connectivity index (χ3n) is 4.47. The molecule has 0 spiro atoms. The molecule has 0 aromatic carbocycles. The number of amides is 1. The normalized spacial score (nSPS) is 23.0. The van der Waals surface area contributed by atoms with Crippen molar-refractivity contribution in [3.8, 4) is 5.75 Å². The minimum absolute atomic E-state index is 0.104. The lowest BCUT2D eigenvalue weighted by molar-refractivity contribution is -0.121. The minimum Gasteiger partial charge on any atom is -0.482 e. The zero-order valence-corrected chi connectivity index (χ0v) is 14.4. The van der Waals surface area contributed by atoms with Gasteiger partial charge in [-0.2, -0.15) is 10.2 Å². The van der Waals surface area contributed by atoms with Crippen LogP contribution >= 0.6 is 0 Å². The lowest BCUT2D eigenvalue weighted by Crippen LogP contribution is -2.45. The number of carbonyl (C=O) groups is 1. The summed E-state index contributed by atoms with van der Waals surface area (Å²) in [6.45, 7) is 0.873. The molecular formula is C16H22N6O3. The summed E-state index contributed by atoms with van der Waals surface area (Å²) < 4.78 is 14.7. The van der Waals surface area contributed by atoms with Crippen molar-refractivity contribution in [3.63, 3.8) is 0 Å². The van der Waals surface area contributed by atoms with Gasteiger partial charge in [0.2, 0.25) is 5.91 Å². The Balaban J connectivity index is 1.34. The number of carbonyl (C=O) groups excluding carboxylic acids is 1. The summed E-state index contributed by atoms with van der Waals surface area (Å²) in [4.78, 5) is 16.9. The molecule has 1 saturated heterocycles. The van der Waals surface area contributed by atoms with Crippen molar-refractivity contribution < 1.29 is 14.3 Å². The van der Waals surface area contributed by atoms with Crippen LogP contribution in [0, 0.1) is 0 Å². The maximum absolute atomic E-state index is 12.4. The van der Waals surface area contributed by atoms with Gasteiger partial charge in [-0.05, 0) is 12.8 Å². The Morgan fingerprint density at radius 3 is 2.96 bits per heavy atom. The second-order valence-corrected chi connectivity index (χ2v) is 6.68. The minimum atomic E-state index is -0.227. The van der Waals surface area contributed by atoms with Crippen molar-refractivity contribution in [3.05, 3.63) is 24.0 Å². The van der Waals surface area contributed by atoms with Crippen molar-refractivity contribution in [1.82, 2.24) is 29.9 Å². The van der Waals surface area contributed by atoms with Gasteiger partial charge in [-0.1, -0.05) is 0 Å². The molecule has 9 heteroatoms. The first kappa shape index (κ1) is 16.1. The average Bonchev–Trinajstić information content (AvgIpc) is 3.06. The molecule has 3 heterocycles. The maximum atomic E-state index is 12.4. The van der Waals surface area contributed by atoms with E-state index in [1.807, 2.05) is 14.1 Å². The molecule has 2 aromatic rings. The molecule has 2 atom stereocenters. The number of ether oxygens (including phenoxy) is 2. The Hall–Kier alpha value is -2.42. The molecule has 134 valence electrons. The average molecular weight is 346 g/mol. The molecule has 2 fully saturated rings. The Labute approximate surface area is 145 Å². The maximum Gasteiger partial charge on any atom is 0.228 e. The number of nitrogens with zero attached hydrogens (tertiary/aromatic N) is 5. The summed E-state index contributed by atoms with van der Waals surface area (Å²) >= 11 is 0. The molecule has 1 amide bonds. The van der Waals surface area contributed by atoms with E-state index >= 15 is 0 Å². The third kappa shape index (κ3) is 3.65. The van der Waals surface area contributed by atoms with Gasteiger partial charge in [0.15, 0.2) is 11.6 Å². The van der Waals surface area contributed by atoms with E-state index in [9.17, 15) is 4.79 Å². The fourth-order valence-corrected chi connectivity index (χ4v) is 2.93. The highest BCUT2D eigenvalue weighted by Gasteiger charge is 2.32. The van der Waals surface area contributed by atoms with E-state index in [1.165, 1.54) is 0 Å². The van der Waals surface area contributed by atoms with Crippen molar-refractivity contribution in [2.24, 2.45) is 14.1 Å². The van der Waals surface area contributed by atoms with Crippen molar-refractivity contribution in [2.75, 3.05) is 13.2 Å². The molecule has 25 heavy (non-hydrogen) atoms. The van der Waals surface area contributed by atoms with Gasteiger partial charge in [-0.25, -0.2) is 4.98 Å². The number of aromatic nitrogens is 5. The highest BCUT2D eigenvalue weighted by Crippen LogP contribution is 2.38. The highest BCUT2D eigenvalue weighted by molar-refractivity contribution is 5.78. The smallest absolute Gasteiger partial charge is 0.228 e. The number of aryl methyl sites for hydroxylation is 2. The molecule has 2 aliphatic rings. The summed E-state index contributed by atoms with van der Waals surface area (Å²) in [6.07, 6.45) is 5.69. The summed E-state index contributed by atoms with van der Waals surface area (Å²) in [5.74, 6) is 2.58. The number of hydrogen-bond acceptors (Lipinski definition) is 6. The van der Waals surface area contributed by atoms with Crippen LogP contribution in [0.4, 0.5) is 0 Å². The summed E-state index contributed by atoms with van der Waals surface area (Å²) in [7, 11) is 3.66. The SMILES string of the molecule is Cn1cc(O[C@@H]2COC[C@@H]2NC(=O)Cc2nc(C3CC3)nn2C)cn1. The lowest BCUT2D eigenvalue weighted by atomic mass is 10.2. The predicted molar refractivity (Wildman–Crippen MR) is 87.1 cm³/mol. The van der Waals surface area contributed by atoms with E-state index in [0.29, 0.717) is 30.7 Å². The Bertz CT molecular complexity index is 766. The number of rotatable bonds is 6. The van der Waals surface area contributed by atoms with Gasteiger partial charge < -0.3 is 14.8 Å². The number of nitrogens with one attached hydrogen (secondary N) is 1. The van der Waals surface area contributed by atoms with E-state index in [2.05, 4.69) is 20.5 Å². The van der Waals surface area contributed by atoms with Crippen LogP contribution in [0.5, 0.6) is 5.75 Å². The van der Waals surface area contributed by atoms with Crippen LogP contribution in [0.2, 0.25) is 0 Å². The topological polar surface area (TPSA) is 96.1 Å². The van der Waals surface area contributed by atoms with Gasteiger partial charge in [0.1, 0.15) is 11.9 Å². The zero-order chi connectivity index (χ0) is 17.4. The van der Waals surface area contributed by atoms with Gasteiger partial charge in [-0.3, -0.25) is 14.2 Å². The predicted octanol–water partition coefficient (Wildman–Crippen LogP) is -0.0689. The van der Waals surface area contributed by atoms with E-state index in [1.54, 1.807) is 21.8 Å².